The van der Waals surface area contributed by atoms with Gasteiger partial charge in [-0.2, -0.15) is 4.31 Å². The van der Waals surface area contributed by atoms with Crippen molar-refractivity contribution in [1.29, 1.82) is 0 Å². The summed E-state index contributed by atoms with van der Waals surface area (Å²) >= 11 is 6.22. The first-order chi connectivity index (χ1) is 12.9. The minimum Gasteiger partial charge on any atom is -0.482 e. The van der Waals surface area contributed by atoms with Crippen LogP contribution < -0.4 is 10.1 Å². The fraction of sp³-hybridized carbons (Fsp3) is 0.278. The molecule has 0 unspecified atom stereocenters. The van der Waals surface area contributed by atoms with Gasteiger partial charge in [0.15, 0.2) is 6.61 Å². The SMILES string of the molecule is O=C1COc2cc(S(=O)(=O)N3CCC[C@@H]3c3cccc(F)c3)c(Cl)cc2N1. The molecule has 0 saturated carbocycles. The summed E-state index contributed by atoms with van der Waals surface area (Å²) in [7, 11) is -3.94. The highest BCUT2D eigenvalue weighted by Crippen LogP contribution is 2.41. The van der Waals surface area contributed by atoms with E-state index in [1.165, 1.54) is 28.6 Å². The van der Waals surface area contributed by atoms with Gasteiger partial charge in [0, 0.05) is 12.6 Å². The predicted molar refractivity (Wildman–Crippen MR) is 97.8 cm³/mol. The zero-order valence-corrected chi connectivity index (χ0v) is 15.7. The largest absolute Gasteiger partial charge is 0.482 e. The molecular formula is C18H16ClFN2O4S. The molecule has 1 fully saturated rings. The summed E-state index contributed by atoms with van der Waals surface area (Å²) in [5.74, 6) is -0.494. The Morgan fingerprint density at radius 1 is 1.26 bits per heavy atom. The van der Waals surface area contributed by atoms with Crippen molar-refractivity contribution in [1.82, 2.24) is 4.31 Å². The number of carbonyl (C=O) groups is 1. The molecule has 0 aliphatic carbocycles. The summed E-state index contributed by atoms with van der Waals surface area (Å²) in [4.78, 5) is 11.3. The number of ether oxygens (including phenoxy) is 1. The molecule has 1 saturated heterocycles. The molecule has 27 heavy (non-hydrogen) atoms. The van der Waals surface area contributed by atoms with Gasteiger partial charge in [0.05, 0.1) is 16.8 Å². The molecule has 1 amide bonds. The van der Waals surface area contributed by atoms with Crippen molar-refractivity contribution in [3.63, 3.8) is 0 Å². The average molecular weight is 411 g/mol. The quantitative estimate of drug-likeness (QED) is 0.842. The van der Waals surface area contributed by atoms with Gasteiger partial charge in [0.1, 0.15) is 16.5 Å². The van der Waals surface area contributed by atoms with Crippen LogP contribution in [0.1, 0.15) is 24.4 Å². The molecule has 9 heteroatoms. The van der Waals surface area contributed by atoms with Crippen LogP contribution in [0.2, 0.25) is 5.02 Å². The van der Waals surface area contributed by atoms with E-state index < -0.39 is 21.9 Å². The first-order valence-electron chi connectivity index (χ1n) is 8.40. The highest BCUT2D eigenvalue weighted by molar-refractivity contribution is 7.89. The molecule has 2 aromatic carbocycles. The molecule has 1 atom stereocenters. The van der Waals surface area contributed by atoms with Crippen LogP contribution in [0, 0.1) is 5.82 Å². The molecule has 2 aromatic rings. The standard InChI is InChI=1S/C18H16ClFN2O4S/c19-13-8-14-16(26-10-18(23)21-14)9-17(13)27(24,25)22-6-2-5-15(22)11-3-1-4-12(20)7-11/h1,3-4,7-9,15H,2,5-6,10H2,(H,21,23)/t15-/m1/s1. The highest BCUT2D eigenvalue weighted by atomic mass is 35.5. The number of hydrogen-bond donors (Lipinski definition) is 1. The van der Waals surface area contributed by atoms with E-state index in [2.05, 4.69) is 5.32 Å². The number of nitrogens with one attached hydrogen (secondary N) is 1. The van der Waals surface area contributed by atoms with E-state index in [0.717, 1.165) is 0 Å². The van der Waals surface area contributed by atoms with Crippen LogP contribution >= 0.6 is 11.6 Å². The van der Waals surface area contributed by atoms with Gasteiger partial charge in [0.2, 0.25) is 10.0 Å². The van der Waals surface area contributed by atoms with Crippen molar-refractivity contribution in [3.05, 3.63) is 52.8 Å². The van der Waals surface area contributed by atoms with Gasteiger partial charge in [-0.15, -0.1) is 0 Å². The third kappa shape index (κ3) is 3.28. The molecule has 2 heterocycles. The Kier molecular flexibility index (Phi) is 4.57. The van der Waals surface area contributed by atoms with E-state index >= 15 is 0 Å². The van der Waals surface area contributed by atoms with Crippen LogP contribution in [0.5, 0.6) is 5.75 Å². The van der Waals surface area contributed by atoms with Crippen LogP contribution in [0.25, 0.3) is 0 Å². The van der Waals surface area contributed by atoms with E-state index in [0.29, 0.717) is 30.6 Å². The Labute approximate surface area is 160 Å². The molecule has 2 aliphatic heterocycles. The maximum atomic E-state index is 13.6. The lowest BCUT2D eigenvalue weighted by molar-refractivity contribution is -0.118. The minimum atomic E-state index is -3.94. The number of hydrogen-bond acceptors (Lipinski definition) is 4. The lowest BCUT2D eigenvalue weighted by atomic mass is 10.1. The van der Waals surface area contributed by atoms with Gasteiger partial charge in [-0.3, -0.25) is 4.79 Å². The van der Waals surface area contributed by atoms with E-state index in [-0.39, 0.29) is 28.2 Å². The van der Waals surface area contributed by atoms with Crippen molar-refractivity contribution in [2.45, 2.75) is 23.8 Å². The molecule has 142 valence electrons. The number of anilines is 1. The summed E-state index contributed by atoms with van der Waals surface area (Å²) in [5.41, 5.74) is 0.937. The number of sulfonamides is 1. The fourth-order valence-corrected chi connectivity index (χ4v) is 5.68. The number of fused-ring (bicyclic) bond motifs is 1. The van der Waals surface area contributed by atoms with Gasteiger partial charge in [0.25, 0.3) is 5.91 Å². The second-order valence-electron chi connectivity index (χ2n) is 6.44. The number of carbonyl (C=O) groups excluding carboxylic acids is 1. The number of halogens is 2. The smallest absolute Gasteiger partial charge is 0.262 e. The Hall–Kier alpha value is -2.16. The van der Waals surface area contributed by atoms with Crippen molar-refractivity contribution >= 4 is 33.2 Å². The first kappa shape index (κ1) is 18.2. The number of amides is 1. The molecule has 2 aliphatic rings. The lowest BCUT2D eigenvalue weighted by Crippen LogP contribution is -2.31. The van der Waals surface area contributed by atoms with E-state index in [9.17, 15) is 17.6 Å². The predicted octanol–water partition coefficient (Wildman–Crippen LogP) is 3.34. The van der Waals surface area contributed by atoms with Gasteiger partial charge in [-0.05, 0) is 36.6 Å². The van der Waals surface area contributed by atoms with Crippen LogP contribution in [-0.2, 0) is 14.8 Å². The summed E-state index contributed by atoms with van der Waals surface area (Å²) in [6.45, 7) is 0.123. The molecule has 0 spiro atoms. The van der Waals surface area contributed by atoms with Crippen LogP contribution in [0.4, 0.5) is 10.1 Å². The molecule has 6 nitrogen and oxygen atoms in total. The second-order valence-corrected chi connectivity index (χ2v) is 8.71. The fourth-order valence-electron chi connectivity index (χ4n) is 3.48. The van der Waals surface area contributed by atoms with Gasteiger partial charge in [-0.25, -0.2) is 12.8 Å². The van der Waals surface area contributed by atoms with Crippen molar-refractivity contribution in [2.24, 2.45) is 0 Å². The average Bonchev–Trinajstić information content (AvgIpc) is 3.11. The summed E-state index contributed by atoms with van der Waals surface area (Å²) in [6, 6.07) is 8.19. The lowest BCUT2D eigenvalue weighted by Gasteiger charge is -2.26. The highest BCUT2D eigenvalue weighted by Gasteiger charge is 2.38. The minimum absolute atomic E-state index is 0.00978. The summed E-state index contributed by atoms with van der Waals surface area (Å²) < 4.78 is 46.8. The van der Waals surface area contributed by atoms with Gasteiger partial charge in [-0.1, -0.05) is 23.7 Å². The van der Waals surface area contributed by atoms with Gasteiger partial charge >= 0.3 is 0 Å². The third-order valence-electron chi connectivity index (χ3n) is 4.69. The van der Waals surface area contributed by atoms with E-state index in [1.807, 2.05) is 0 Å². The number of rotatable bonds is 3. The Bertz CT molecular complexity index is 1030. The molecule has 4 rings (SSSR count). The first-order valence-corrected chi connectivity index (χ1v) is 10.2. The third-order valence-corrected chi connectivity index (χ3v) is 7.06. The van der Waals surface area contributed by atoms with Crippen molar-refractivity contribution < 1.29 is 22.3 Å². The number of benzene rings is 2. The number of nitrogens with zero attached hydrogens (tertiary/aromatic N) is 1. The van der Waals surface area contributed by atoms with Crippen LogP contribution in [-0.4, -0.2) is 31.8 Å². The van der Waals surface area contributed by atoms with Crippen molar-refractivity contribution in [3.8, 4) is 5.75 Å². The normalized spacial score (nSPS) is 20.1. The zero-order chi connectivity index (χ0) is 19.2. The summed E-state index contributed by atoms with van der Waals surface area (Å²) in [6.07, 6.45) is 1.26. The molecule has 0 aromatic heterocycles. The zero-order valence-electron chi connectivity index (χ0n) is 14.1. The Morgan fingerprint density at radius 3 is 2.85 bits per heavy atom. The van der Waals surface area contributed by atoms with Gasteiger partial charge < -0.3 is 10.1 Å². The maximum Gasteiger partial charge on any atom is 0.262 e. The topological polar surface area (TPSA) is 75.7 Å². The van der Waals surface area contributed by atoms with Crippen LogP contribution in [0.15, 0.2) is 41.3 Å². The second kappa shape index (κ2) is 6.78. The Morgan fingerprint density at radius 2 is 2.07 bits per heavy atom. The molecule has 0 radical (unpaired) electrons. The summed E-state index contributed by atoms with van der Waals surface area (Å²) in [5, 5.41) is 2.58. The Balaban J connectivity index is 1.74. The molecular weight excluding hydrogens is 395 g/mol. The van der Waals surface area contributed by atoms with Crippen LogP contribution in [0.3, 0.4) is 0 Å². The molecule has 1 N–H and O–H groups in total. The van der Waals surface area contributed by atoms with E-state index in [4.69, 9.17) is 16.3 Å². The van der Waals surface area contributed by atoms with Crippen molar-refractivity contribution in [2.75, 3.05) is 18.5 Å². The van der Waals surface area contributed by atoms with E-state index in [1.54, 1.807) is 12.1 Å². The maximum absolute atomic E-state index is 13.6. The molecule has 0 bridgehead atoms. The monoisotopic (exact) mass is 410 g/mol.